The van der Waals surface area contributed by atoms with Crippen molar-refractivity contribution in [1.29, 1.82) is 0 Å². The van der Waals surface area contributed by atoms with Crippen molar-refractivity contribution in [2.75, 3.05) is 25.6 Å². The molecular formula is C19H21ClN2O7S2. The first-order valence-corrected chi connectivity index (χ1v) is 11.8. The SMILES string of the molecule is CCOC(=O)c1cc(CC)sc1NC(=O)COC(=O)c1ccc(Cl)c(S(=O)(=O)NC)c1. The summed E-state index contributed by atoms with van der Waals surface area (Å²) in [5, 5.41) is 2.77. The molecule has 9 nitrogen and oxygen atoms in total. The number of esters is 2. The molecule has 1 aromatic carbocycles. The van der Waals surface area contributed by atoms with Crippen LogP contribution in [0.2, 0.25) is 5.02 Å². The van der Waals surface area contributed by atoms with Gasteiger partial charge in [-0.15, -0.1) is 11.3 Å². The Morgan fingerprint density at radius 1 is 1.10 bits per heavy atom. The molecule has 1 amide bonds. The van der Waals surface area contributed by atoms with Crippen LogP contribution in [0, 0.1) is 0 Å². The zero-order chi connectivity index (χ0) is 23.2. The summed E-state index contributed by atoms with van der Waals surface area (Å²) in [7, 11) is -2.68. The van der Waals surface area contributed by atoms with Gasteiger partial charge in [0.1, 0.15) is 9.90 Å². The van der Waals surface area contributed by atoms with Crippen LogP contribution >= 0.6 is 22.9 Å². The number of anilines is 1. The molecule has 0 atom stereocenters. The second-order valence-corrected chi connectivity index (χ2v) is 9.41. The maximum atomic E-state index is 12.3. The minimum Gasteiger partial charge on any atom is -0.462 e. The average Bonchev–Trinajstić information content (AvgIpc) is 3.15. The van der Waals surface area contributed by atoms with E-state index in [1.54, 1.807) is 13.0 Å². The molecule has 0 spiro atoms. The third-order valence-corrected chi connectivity index (χ3v) is 7.03. The number of carbonyl (C=O) groups is 3. The molecule has 12 heteroatoms. The Morgan fingerprint density at radius 2 is 1.81 bits per heavy atom. The lowest BCUT2D eigenvalue weighted by Gasteiger charge is -2.09. The molecule has 1 heterocycles. The van der Waals surface area contributed by atoms with Crippen LogP contribution in [0.1, 0.15) is 39.4 Å². The molecular weight excluding hydrogens is 468 g/mol. The van der Waals surface area contributed by atoms with Crippen LogP contribution in [-0.2, 0) is 30.7 Å². The van der Waals surface area contributed by atoms with Crippen molar-refractivity contribution in [3.05, 3.63) is 45.3 Å². The van der Waals surface area contributed by atoms with E-state index in [9.17, 15) is 22.8 Å². The van der Waals surface area contributed by atoms with E-state index >= 15 is 0 Å². The molecule has 0 fully saturated rings. The second kappa shape index (κ2) is 10.7. The number of hydrogen-bond acceptors (Lipinski definition) is 8. The van der Waals surface area contributed by atoms with Gasteiger partial charge in [-0.1, -0.05) is 18.5 Å². The molecule has 168 valence electrons. The zero-order valence-electron chi connectivity index (χ0n) is 17.0. The molecule has 0 saturated heterocycles. The predicted octanol–water partition coefficient (Wildman–Crippen LogP) is 2.84. The topological polar surface area (TPSA) is 128 Å². The summed E-state index contributed by atoms with van der Waals surface area (Å²) in [5.74, 6) is -2.14. The van der Waals surface area contributed by atoms with Crippen molar-refractivity contribution in [2.24, 2.45) is 0 Å². The Kier molecular flexibility index (Phi) is 8.57. The first kappa shape index (κ1) is 24.8. The third-order valence-electron chi connectivity index (χ3n) is 3.94. The summed E-state index contributed by atoms with van der Waals surface area (Å²) in [6, 6.07) is 5.22. The van der Waals surface area contributed by atoms with Gasteiger partial charge in [-0.05, 0) is 44.7 Å². The lowest BCUT2D eigenvalue weighted by Crippen LogP contribution is -2.22. The smallest absolute Gasteiger partial charge is 0.341 e. The van der Waals surface area contributed by atoms with E-state index in [0.717, 1.165) is 10.9 Å². The number of hydrogen-bond donors (Lipinski definition) is 2. The number of nitrogens with one attached hydrogen (secondary N) is 2. The van der Waals surface area contributed by atoms with Gasteiger partial charge in [-0.25, -0.2) is 22.7 Å². The number of carbonyl (C=O) groups excluding carboxylic acids is 3. The standard InChI is InChI=1S/C19H21ClN2O7S2/c1-4-12-9-13(19(25)28-5-2)17(30-12)22-16(23)10-29-18(24)11-6-7-14(20)15(8-11)31(26,27)21-3/h6-9,21H,4-5,10H2,1-3H3,(H,22,23). The van der Waals surface area contributed by atoms with Crippen molar-refractivity contribution in [3.8, 4) is 0 Å². The zero-order valence-corrected chi connectivity index (χ0v) is 19.4. The molecule has 0 aliphatic heterocycles. The van der Waals surface area contributed by atoms with Gasteiger partial charge in [-0.3, -0.25) is 4.79 Å². The van der Waals surface area contributed by atoms with E-state index in [4.69, 9.17) is 21.1 Å². The summed E-state index contributed by atoms with van der Waals surface area (Å²) in [5.41, 5.74) is 0.130. The highest BCUT2D eigenvalue weighted by Gasteiger charge is 2.21. The maximum Gasteiger partial charge on any atom is 0.341 e. The Labute approximate surface area is 188 Å². The molecule has 2 rings (SSSR count). The molecule has 0 saturated carbocycles. The number of thiophene rings is 1. The number of amides is 1. The quantitative estimate of drug-likeness (QED) is 0.519. The van der Waals surface area contributed by atoms with Crippen LogP contribution in [0.4, 0.5) is 5.00 Å². The summed E-state index contributed by atoms with van der Waals surface area (Å²) in [4.78, 5) is 37.2. The van der Waals surface area contributed by atoms with Crippen LogP contribution in [-0.4, -0.2) is 46.5 Å². The van der Waals surface area contributed by atoms with E-state index in [2.05, 4.69) is 10.0 Å². The summed E-state index contributed by atoms with van der Waals surface area (Å²) in [6.45, 7) is 3.13. The van der Waals surface area contributed by atoms with Crippen molar-refractivity contribution in [1.82, 2.24) is 4.72 Å². The first-order chi connectivity index (χ1) is 14.6. The van der Waals surface area contributed by atoms with Crippen LogP contribution in [0.3, 0.4) is 0 Å². The minimum atomic E-state index is -3.89. The number of ether oxygens (including phenoxy) is 2. The lowest BCUT2D eigenvalue weighted by molar-refractivity contribution is -0.119. The molecule has 0 bridgehead atoms. The Bertz CT molecular complexity index is 1100. The maximum absolute atomic E-state index is 12.3. The van der Waals surface area contributed by atoms with Gasteiger partial charge in [0.05, 0.1) is 22.8 Å². The molecule has 0 aliphatic rings. The number of sulfonamides is 1. The van der Waals surface area contributed by atoms with Gasteiger partial charge in [0.15, 0.2) is 6.61 Å². The molecule has 0 unspecified atom stereocenters. The van der Waals surface area contributed by atoms with Gasteiger partial charge in [0.25, 0.3) is 5.91 Å². The minimum absolute atomic E-state index is 0.0699. The second-order valence-electron chi connectivity index (χ2n) is 6.01. The number of halogens is 1. The van der Waals surface area contributed by atoms with Gasteiger partial charge < -0.3 is 14.8 Å². The molecule has 2 aromatic rings. The highest BCUT2D eigenvalue weighted by Crippen LogP contribution is 2.29. The fourth-order valence-electron chi connectivity index (χ4n) is 2.39. The molecule has 0 aliphatic carbocycles. The van der Waals surface area contributed by atoms with E-state index in [1.807, 2.05) is 6.92 Å². The molecule has 1 aromatic heterocycles. The monoisotopic (exact) mass is 488 g/mol. The average molecular weight is 489 g/mol. The summed E-state index contributed by atoms with van der Waals surface area (Å²) in [6.07, 6.45) is 0.663. The highest BCUT2D eigenvalue weighted by atomic mass is 35.5. The fourth-order valence-corrected chi connectivity index (χ4v) is 4.64. The van der Waals surface area contributed by atoms with E-state index in [0.29, 0.717) is 11.4 Å². The van der Waals surface area contributed by atoms with Crippen molar-refractivity contribution < 1.29 is 32.3 Å². The van der Waals surface area contributed by atoms with Gasteiger partial charge in [0.2, 0.25) is 10.0 Å². The van der Waals surface area contributed by atoms with Crippen LogP contribution in [0.25, 0.3) is 0 Å². The van der Waals surface area contributed by atoms with Gasteiger partial charge in [0, 0.05) is 4.88 Å². The van der Waals surface area contributed by atoms with Crippen molar-refractivity contribution in [3.63, 3.8) is 0 Å². The van der Waals surface area contributed by atoms with Crippen molar-refractivity contribution >= 4 is 55.8 Å². The van der Waals surface area contributed by atoms with E-state index in [1.165, 1.54) is 30.5 Å². The van der Waals surface area contributed by atoms with Gasteiger partial charge in [-0.2, -0.15) is 0 Å². The van der Waals surface area contributed by atoms with Crippen LogP contribution in [0.5, 0.6) is 0 Å². The normalized spacial score (nSPS) is 11.1. The number of benzene rings is 1. The molecule has 31 heavy (non-hydrogen) atoms. The van der Waals surface area contributed by atoms with E-state index in [-0.39, 0.29) is 27.7 Å². The number of rotatable bonds is 9. The molecule has 2 N–H and O–H groups in total. The fraction of sp³-hybridized carbons (Fsp3) is 0.316. The van der Waals surface area contributed by atoms with Gasteiger partial charge >= 0.3 is 11.9 Å². The Hall–Kier alpha value is -2.47. The lowest BCUT2D eigenvalue weighted by atomic mass is 10.2. The van der Waals surface area contributed by atoms with Crippen molar-refractivity contribution in [2.45, 2.75) is 25.2 Å². The Balaban J connectivity index is 2.09. The number of aryl methyl sites for hydroxylation is 1. The first-order valence-electron chi connectivity index (χ1n) is 9.12. The third kappa shape index (κ3) is 6.26. The summed E-state index contributed by atoms with van der Waals surface area (Å²) >= 11 is 7.11. The van der Waals surface area contributed by atoms with E-state index < -0.39 is 34.5 Å². The predicted molar refractivity (Wildman–Crippen MR) is 116 cm³/mol. The Morgan fingerprint density at radius 3 is 2.42 bits per heavy atom. The van der Waals surface area contributed by atoms with Crippen LogP contribution < -0.4 is 10.0 Å². The largest absolute Gasteiger partial charge is 0.462 e. The summed E-state index contributed by atoms with van der Waals surface area (Å²) < 4.78 is 36.0. The van der Waals surface area contributed by atoms with Crippen LogP contribution in [0.15, 0.2) is 29.2 Å². The highest BCUT2D eigenvalue weighted by molar-refractivity contribution is 7.89. The molecule has 0 radical (unpaired) electrons.